The molecule has 0 unspecified atom stereocenters. The van der Waals surface area contributed by atoms with Gasteiger partial charge >= 0.3 is 0 Å². The van der Waals surface area contributed by atoms with Crippen LogP contribution in [0.25, 0.3) is 22.2 Å². The van der Waals surface area contributed by atoms with Gasteiger partial charge in [0.1, 0.15) is 6.33 Å². The summed E-state index contributed by atoms with van der Waals surface area (Å²) in [7, 11) is 0. The van der Waals surface area contributed by atoms with Crippen LogP contribution >= 0.6 is 0 Å². The second-order valence-electron chi connectivity index (χ2n) is 5.23. The smallest absolute Gasteiger partial charge is 0.164 e. The number of hydrogen-bond donors (Lipinski definition) is 0. The molecule has 96 valence electrons. The molecular formula is C16H17N3. The molecule has 0 amide bonds. The van der Waals surface area contributed by atoms with Crippen LogP contribution in [0.5, 0.6) is 0 Å². The van der Waals surface area contributed by atoms with Crippen molar-refractivity contribution in [3.05, 3.63) is 48.8 Å². The van der Waals surface area contributed by atoms with Gasteiger partial charge in [0.25, 0.3) is 0 Å². The van der Waals surface area contributed by atoms with Gasteiger partial charge in [-0.05, 0) is 16.7 Å². The molecule has 0 fully saturated rings. The van der Waals surface area contributed by atoms with E-state index in [0.717, 1.165) is 17.9 Å². The zero-order chi connectivity index (χ0) is 13.2. The van der Waals surface area contributed by atoms with Crippen LogP contribution in [0.1, 0.15) is 13.8 Å². The summed E-state index contributed by atoms with van der Waals surface area (Å²) in [6.07, 6.45) is 1.82. The van der Waals surface area contributed by atoms with Crippen LogP contribution in [0.4, 0.5) is 0 Å². The SMILES string of the molecule is CC(C)Cn1cnnc1-c1cccc2ccccc12. The Morgan fingerprint density at radius 3 is 2.68 bits per heavy atom. The van der Waals surface area contributed by atoms with Crippen molar-refractivity contribution in [1.82, 2.24) is 14.8 Å². The van der Waals surface area contributed by atoms with Crippen LogP contribution in [0, 0.1) is 5.92 Å². The molecule has 19 heavy (non-hydrogen) atoms. The minimum absolute atomic E-state index is 0.574. The predicted molar refractivity (Wildman–Crippen MR) is 77.8 cm³/mol. The van der Waals surface area contributed by atoms with Gasteiger partial charge < -0.3 is 4.57 Å². The van der Waals surface area contributed by atoms with Crippen LogP contribution in [0.2, 0.25) is 0 Å². The van der Waals surface area contributed by atoms with Gasteiger partial charge in [-0.1, -0.05) is 56.3 Å². The first kappa shape index (κ1) is 11.9. The van der Waals surface area contributed by atoms with Crippen molar-refractivity contribution >= 4 is 10.8 Å². The molecule has 0 bridgehead atoms. The molecule has 1 heterocycles. The normalized spacial score (nSPS) is 11.3. The van der Waals surface area contributed by atoms with E-state index in [1.807, 2.05) is 6.33 Å². The lowest BCUT2D eigenvalue weighted by Gasteiger charge is -2.10. The van der Waals surface area contributed by atoms with Gasteiger partial charge in [0.15, 0.2) is 5.82 Å². The van der Waals surface area contributed by atoms with E-state index in [4.69, 9.17) is 0 Å². The van der Waals surface area contributed by atoms with Crippen molar-refractivity contribution in [2.45, 2.75) is 20.4 Å². The first-order valence-corrected chi connectivity index (χ1v) is 6.61. The highest BCUT2D eigenvalue weighted by molar-refractivity contribution is 5.95. The van der Waals surface area contributed by atoms with Gasteiger partial charge in [-0.25, -0.2) is 0 Å². The Balaban J connectivity index is 2.17. The van der Waals surface area contributed by atoms with Crippen LogP contribution < -0.4 is 0 Å². The molecule has 0 aliphatic heterocycles. The maximum atomic E-state index is 4.30. The summed E-state index contributed by atoms with van der Waals surface area (Å²) in [5.74, 6) is 1.52. The number of hydrogen-bond acceptors (Lipinski definition) is 2. The van der Waals surface area contributed by atoms with Gasteiger partial charge in [-0.15, -0.1) is 10.2 Å². The minimum atomic E-state index is 0.574. The summed E-state index contributed by atoms with van der Waals surface area (Å²) < 4.78 is 2.13. The molecular weight excluding hydrogens is 234 g/mol. The summed E-state index contributed by atoms with van der Waals surface area (Å²) in [4.78, 5) is 0. The zero-order valence-corrected chi connectivity index (χ0v) is 11.2. The van der Waals surface area contributed by atoms with Crippen LogP contribution in [0.15, 0.2) is 48.8 Å². The number of rotatable bonds is 3. The highest BCUT2D eigenvalue weighted by atomic mass is 15.3. The molecule has 0 spiro atoms. The molecule has 3 nitrogen and oxygen atoms in total. The number of fused-ring (bicyclic) bond motifs is 1. The van der Waals surface area contributed by atoms with E-state index in [1.54, 1.807) is 0 Å². The molecule has 0 radical (unpaired) electrons. The molecule has 1 aromatic heterocycles. The Labute approximate surface area is 112 Å². The van der Waals surface area contributed by atoms with Gasteiger partial charge in [-0.2, -0.15) is 0 Å². The molecule has 3 rings (SSSR count). The molecule has 0 saturated heterocycles. The van der Waals surface area contributed by atoms with E-state index in [-0.39, 0.29) is 0 Å². The summed E-state index contributed by atoms with van der Waals surface area (Å²) in [6, 6.07) is 14.7. The average molecular weight is 251 g/mol. The topological polar surface area (TPSA) is 30.7 Å². The molecule has 0 aliphatic carbocycles. The largest absolute Gasteiger partial charge is 0.313 e. The van der Waals surface area contributed by atoms with Crippen molar-refractivity contribution in [3.63, 3.8) is 0 Å². The predicted octanol–water partition coefficient (Wildman–Crippen LogP) is 3.75. The number of aromatic nitrogens is 3. The van der Waals surface area contributed by atoms with E-state index < -0.39 is 0 Å². The Morgan fingerprint density at radius 2 is 1.84 bits per heavy atom. The fourth-order valence-corrected chi connectivity index (χ4v) is 2.41. The first-order valence-electron chi connectivity index (χ1n) is 6.61. The van der Waals surface area contributed by atoms with E-state index >= 15 is 0 Å². The van der Waals surface area contributed by atoms with Crippen molar-refractivity contribution in [1.29, 1.82) is 0 Å². The Kier molecular flexibility index (Phi) is 3.03. The fourth-order valence-electron chi connectivity index (χ4n) is 2.41. The second-order valence-corrected chi connectivity index (χ2v) is 5.23. The van der Waals surface area contributed by atoms with Crippen molar-refractivity contribution in [2.24, 2.45) is 5.92 Å². The highest BCUT2D eigenvalue weighted by Crippen LogP contribution is 2.27. The third-order valence-corrected chi connectivity index (χ3v) is 3.21. The molecule has 3 heteroatoms. The van der Waals surface area contributed by atoms with E-state index in [1.165, 1.54) is 10.8 Å². The molecule has 0 saturated carbocycles. The van der Waals surface area contributed by atoms with Crippen LogP contribution in [-0.2, 0) is 6.54 Å². The van der Waals surface area contributed by atoms with Gasteiger partial charge in [0.2, 0.25) is 0 Å². The lowest BCUT2D eigenvalue weighted by molar-refractivity contribution is 0.525. The molecule has 0 N–H and O–H groups in total. The minimum Gasteiger partial charge on any atom is -0.313 e. The first-order chi connectivity index (χ1) is 9.25. The second kappa shape index (κ2) is 4.84. The molecule has 0 atom stereocenters. The standard InChI is InChI=1S/C16H17N3/c1-12(2)10-19-11-17-18-16(19)15-9-5-7-13-6-3-4-8-14(13)15/h3-9,11-12H,10H2,1-2H3. The van der Waals surface area contributed by atoms with E-state index in [9.17, 15) is 0 Å². The third-order valence-electron chi connectivity index (χ3n) is 3.21. The summed E-state index contributed by atoms with van der Waals surface area (Å²) in [5.41, 5.74) is 1.15. The van der Waals surface area contributed by atoms with Crippen LogP contribution in [0.3, 0.4) is 0 Å². The lowest BCUT2D eigenvalue weighted by Crippen LogP contribution is -2.05. The fraction of sp³-hybridized carbons (Fsp3) is 0.250. The zero-order valence-electron chi connectivity index (χ0n) is 11.2. The monoisotopic (exact) mass is 251 g/mol. The lowest BCUT2D eigenvalue weighted by atomic mass is 10.0. The Hall–Kier alpha value is -2.16. The van der Waals surface area contributed by atoms with E-state index in [0.29, 0.717) is 5.92 Å². The van der Waals surface area contributed by atoms with Crippen molar-refractivity contribution in [2.75, 3.05) is 0 Å². The van der Waals surface area contributed by atoms with E-state index in [2.05, 4.69) is 71.1 Å². The quantitative estimate of drug-likeness (QED) is 0.709. The maximum Gasteiger partial charge on any atom is 0.164 e. The summed E-state index contributed by atoms with van der Waals surface area (Å²) >= 11 is 0. The number of benzene rings is 2. The van der Waals surface area contributed by atoms with Crippen LogP contribution in [-0.4, -0.2) is 14.8 Å². The van der Waals surface area contributed by atoms with Gasteiger partial charge in [-0.3, -0.25) is 0 Å². The van der Waals surface area contributed by atoms with Crippen molar-refractivity contribution in [3.8, 4) is 11.4 Å². The Bertz CT molecular complexity index is 693. The van der Waals surface area contributed by atoms with Gasteiger partial charge in [0.05, 0.1) is 0 Å². The third kappa shape index (κ3) is 2.24. The Morgan fingerprint density at radius 1 is 1.05 bits per heavy atom. The average Bonchev–Trinajstić information content (AvgIpc) is 2.85. The molecule has 3 aromatic rings. The van der Waals surface area contributed by atoms with Gasteiger partial charge in [0, 0.05) is 12.1 Å². The highest BCUT2D eigenvalue weighted by Gasteiger charge is 2.11. The maximum absolute atomic E-state index is 4.30. The molecule has 2 aromatic carbocycles. The number of nitrogens with zero attached hydrogens (tertiary/aromatic N) is 3. The summed E-state index contributed by atoms with van der Waals surface area (Å²) in [6.45, 7) is 5.34. The molecule has 0 aliphatic rings. The van der Waals surface area contributed by atoms with Crippen molar-refractivity contribution < 1.29 is 0 Å². The summed E-state index contributed by atoms with van der Waals surface area (Å²) in [5, 5.41) is 10.8.